The Kier molecular flexibility index (Phi) is 28.6. The van der Waals surface area contributed by atoms with Crippen LogP contribution in [0.4, 0.5) is 0 Å². The molecule has 0 spiro atoms. The minimum Gasteiger partial charge on any atom is -1.00 e. The van der Waals surface area contributed by atoms with Gasteiger partial charge in [0.25, 0.3) is 0 Å². The molecule has 21 nitrogen and oxygen atoms in total. The van der Waals surface area contributed by atoms with Gasteiger partial charge in [0.15, 0.2) is 0 Å². The van der Waals surface area contributed by atoms with Crippen LogP contribution in [-0.2, 0) is 66.9 Å². The van der Waals surface area contributed by atoms with Crippen molar-refractivity contribution in [3.63, 3.8) is 0 Å². The Morgan fingerprint density at radius 3 is 1.05 bits per heavy atom. The molecule has 10 saturated carbocycles. The van der Waals surface area contributed by atoms with E-state index in [0.29, 0.717) is 121 Å². The molecule has 20 aliphatic rings. The van der Waals surface area contributed by atoms with Crippen molar-refractivity contribution < 1.29 is 103 Å². The van der Waals surface area contributed by atoms with Crippen LogP contribution >= 0.6 is 28.7 Å². The van der Waals surface area contributed by atoms with Crippen LogP contribution in [-0.4, -0.2) is 136 Å². The number of ether oxygens (including phenoxy) is 4. The van der Waals surface area contributed by atoms with Crippen molar-refractivity contribution in [3.05, 3.63) is 56.8 Å². The molecule has 5 amide bonds. The van der Waals surface area contributed by atoms with Crippen molar-refractivity contribution in [2.24, 2.45) is 177 Å². The van der Waals surface area contributed by atoms with Gasteiger partial charge in [0.2, 0.25) is 29.5 Å². The first-order valence-electron chi connectivity index (χ1n) is 49.2. The second-order valence-corrected chi connectivity index (χ2v) is 47.4. The fourth-order valence-electron chi connectivity index (χ4n) is 35.3. The first-order valence-corrected chi connectivity index (χ1v) is 50.4. The number of hydrogen-bond donors (Lipinski definition) is 4. The van der Waals surface area contributed by atoms with Gasteiger partial charge in [-0.1, -0.05) is 109 Å². The Hall–Kier alpha value is -4.91. The average molecular weight is 1860 g/mol. The topological polar surface area (TPSA) is 274 Å². The van der Waals surface area contributed by atoms with E-state index in [-0.39, 0.29) is 168 Å². The molecule has 10 unspecified atom stereocenters. The molecule has 5 saturated heterocycles. The van der Waals surface area contributed by atoms with Crippen LogP contribution in [0.3, 0.4) is 0 Å². The van der Waals surface area contributed by atoms with Crippen molar-refractivity contribution in [2.45, 2.75) is 301 Å². The molecule has 20 rings (SSSR count). The Bertz CT molecular complexity index is 4480. The molecule has 701 valence electrons. The van der Waals surface area contributed by atoms with Crippen LogP contribution in [0.15, 0.2) is 61.1 Å². The molecular formula is C103H152BBrN6NaO15S. The number of aliphatic carboxylic acids is 1. The van der Waals surface area contributed by atoms with Gasteiger partial charge in [0.05, 0.1) is 58.0 Å². The van der Waals surface area contributed by atoms with E-state index >= 15 is 0 Å². The first kappa shape index (κ1) is 99.1. The molecule has 0 bridgehead atoms. The number of esters is 4. The Labute approximate surface area is 802 Å². The van der Waals surface area contributed by atoms with Crippen LogP contribution in [0.2, 0.25) is 0 Å². The van der Waals surface area contributed by atoms with Gasteiger partial charge in [0, 0.05) is 113 Å². The molecule has 30 atom stereocenters. The van der Waals surface area contributed by atoms with Gasteiger partial charge < -0.3 is 50.8 Å². The summed E-state index contributed by atoms with van der Waals surface area (Å²) in [7, 11) is 16.3. The number of carboxylic acid groups (broad SMARTS) is 1. The average Bonchev–Trinajstić information content (AvgIpc) is 1.68. The number of nitrogens with zero attached hydrogens (tertiary/aromatic N) is 4. The minimum absolute atomic E-state index is 0. The monoisotopic (exact) mass is 1860 g/mol. The van der Waals surface area contributed by atoms with E-state index in [1.54, 1.807) is 0 Å². The maximum Gasteiger partial charge on any atom is 1.00 e. The van der Waals surface area contributed by atoms with Crippen LogP contribution < -0.4 is 40.2 Å². The van der Waals surface area contributed by atoms with Gasteiger partial charge in [-0.25, -0.2) is 0 Å². The zero-order valence-corrected chi connectivity index (χ0v) is 85.4. The number of hydrogen-bond acceptors (Lipinski definition) is 16. The summed E-state index contributed by atoms with van der Waals surface area (Å²) in [6.45, 7) is 25.6. The van der Waals surface area contributed by atoms with Gasteiger partial charge >= 0.3 is 84.2 Å². The Morgan fingerprint density at radius 1 is 0.406 bits per heavy atom. The molecule has 15 fully saturated rings. The number of thiol groups is 1. The predicted molar refractivity (Wildman–Crippen MR) is 494 cm³/mol. The first-order chi connectivity index (χ1) is 60.0. The number of carbonyl (C=O) groups excluding carboxylic acids is 9. The van der Waals surface area contributed by atoms with E-state index in [1.807, 2.05) is 35.8 Å². The standard InChI is InChI=1S/C22H33NO3.C21H30BrNO3.C21H31NO3.C20H29NO3.C19H27NO3.BHNS.Na.H/c1-13-12-14-15-6-7-17(20(25)26-5)21(15,2)10-8-16(14)22(3)11-9-18(24)23(4)19(13)22;1-20-9-7-14-12(13(20)5-6-15(20)19(25)26-4)11-16(22)18-21(14,2)10-8-17(24)23(18)3;1-20-11-9-15-13(14(20)6-7-16(20)19(24)25-4)5-8-17-21(15,2)12-10-18(23)22(17)3;1-19-10-8-14-12(13(19)5-6-15(19)18(23)24-3)4-7-16-20(14,2)11-9-17(22)21-16;1-18-9-7-13-11(12(18)4-5-14(18)17(22)23)3-6-15-19(13,2)10-8-16(21)20-15;1-2-3;;/h14-17H,6-12H2,1-5H3;12-15H,5-11H2,1-4H3;8,13-16H,5-7,9-12H2,1-4H3;7,12-15H,4-6,8-11H2,1-3H3,(H,21,22);6,11-14H,3-5,7-10H2,1-2H3,(H,20,21)(H,22,23);3H;;/q;;;;;;+1;-1/t14?,15-,16?,17+,21-,22+;12?,13-,14?,15+,20-,21+;13?,14-,15?,16+,20-,21+;12?,13-,14?,15+,19-,20+;11?,12-,13?,14+,18-,19+;;;/m00000.../s1. The molecule has 5 heterocycles. The van der Waals surface area contributed by atoms with Gasteiger partial charge in [-0.3, -0.25) is 47.9 Å². The van der Waals surface area contributed by atoms with E-state index in [2.05, 4.69) is 146 Å². The van der Waals surface area contributed by atoms with Gasteiger partial charge in [0.1, 0.15) is 0 Å². The van der Waals surface area contributed by atoms with Crippen molar-refractivity contribution in [1.29, 1.82) is 0 Å². The van der Waals surface area contributed by atoms with Crippen LogP contribution in [0, 0.1) is 173 Å². The summed E-state index contributed by atoms with van der Waals surface area (Å²) in [6, 6.07) is 0. The molecule has 1 radical (unpaired) electrons. The van der Waals surface area contributed by atoms with Gasteiger partial charge in [-0.2, -0.15) is 0 Å². The van der Waals surface area contributed by atoms with Crippen LogP contribution in [0.5, 0.6) is 0 Å². The zero-order chi connectivity index (χ0) is 91.9. The summed E-state index contributed by atoms with van der Waals surface area (Å²) < 4.78 is 24.4. The van der Waals surface area contributed by atoms with E-state index in [4.69, 9.17) is 18.9 Å². The van der Waals surface area contributed by atoms with Crippen molar-refractivity contribution >= 4 is 95.8 Å². The number of halogens is 1. The minimum atomic E-state index is -0.600. The smallest absolute Gasteiger partial charge is 1.00 e. The zero-order valence-electron chi connectivity index (χ0n) is 81.9. The second-order valence-electron chi connectivity index (χ2n) is 46.2. The number of piperidine rings is 5. The number of likely N-dealkylation sites (tertiary alicyclic amines) is 3. The van der Waals surface area contributed by atoms with Crippen LogP contribution in [0.25, 0.3) is 0 Å². The van der Waals surface area contributed by atoms with E-state index in [0.717, 1.165) is 185 Å². The Balaban J connectivity index is 0.000000136. The maximum absolute atomic E-state index is 12.4. The summed E-state index contributed by atoms with van der Waals surface area (Å²) in [5.41, 5.74) is 8.29. The fraction of sp³-hybridized carbons (Fsp3) is 0.806. The molecular weight excluding hydrogens is 1710 g/mol. The number of amides is 5. The van der Waals surface area contributed by atoms with Crippen molar-refractivity contribution in [3.8, 4) is 0 Å². The predicted octanol–water partition coefficient (Wildman–Crippen LogP) is 16.5. The Morgan fingerprint density at radius 2 is 0.688 bits per heavy atom. The number of carbonyl (C=O) groups is 10. The third kappa shape index (κ3) is 15.9. The number of methoxy groups -OCH3 is 4. The van der Waals surface area contributed by atoms with Gasteiger partial charge in [-0.15, -0.1) is 0 Å². The maximum atomic E-state index is 12.4. The third-order valence-corrected chi connectivity index (χ3v) is 42.5. The second kappa shape index (κ2) is 37.0. The van der Waals surface area contributed by atoms with E-state index < -0.39 is 5.97 Å². The van der Waals surface area contributed by atoms with Gasteiger partial charge in [-0.05, 0) is 315 Å². The summed E-state index contributed by atoms with van der Waals surface area (Å²) in [6.07, 6.45) is 41.6. The number of carboxylic acids is 1. The molecule has 3 N–H and O–H groups in total. The van der Waals surface area contributed by atoms with E-state index in [1.165, 1.54) is 74.1 Å². The summed E-state index contributed by atoms with van der Waals surface area (Å²) in [5, 5.41) is 15.9. The van der Waals surface area contributed by atoms with Crippen LogP contribution in [0.1, 0.15) is 302 Å². The van der Waals surface area contributed by atoms with E-state index in [9.17, 15) is 53.1 Å². The largest absolute Gasteiger partial charge is 1.00 e. The third-order valence-electron chi connectivity index (χ3n) is 41.8. The summed E-state index contributed by atoms with van der Waals surface area (Å²) >= 11 is 7.05. The normalized spacial score (nSPS) is 44.9. The summed E-state index contributed by atoms with van der Waals surface area (Å²) in [5.74, 6) is 9.60. The van der Waals surface area contributed by atoms with Crippen molar-refractivity contribution in [2.75, 3.05) is 49.6 Å². The van der Waals surface area contributed by atoms with Crippen molar-refractivity contribution in [1.82, 2.24) is 25.3 Å². The number of rotatable bonds is 5. The summed E-state index contributed by atoms with van der Waals surface area (Å²) in [4.78, 5) is 127. The molecule has 15 aliphatic carbocycles. The molecule has 0 aromatic rings. The quantitative estimate of drug-likeness (QED) is 0.0862. The molecule has 0 aromatic carbocycles. The fourth-order valence-corrected chi connectivity index (χ4v) is 36.4. The molecule has 128 heavy (non-hydrogen) atoms. The number of fused-ring (bicyclic) bond motifs is 25. The molecule has 5 aliphatic heterocycles. The molecule has 0 aromatic heterocycles. The molecule has 25 heteroatoms. The number of nitrogens with one attached hydrogen (secondary N) is 2. The number of allylic oxidation sites excluding steroid dienone is 10. The SMILES string of the molecule is COC(=O)[C@H]1CC[C@H]2C3CC(Br)=C4N(C)C(=O)CC[C@]4(C)C3CC[C@]12C.COC(=O)[C@H]1CC[C@H]2C3CC(C)=C4N(C)C(=O)CC[C@]4(C)C3CC[C@]12C.COC(=O)[C@H]1CC[C@H]2C3CC=C4N(C)C(=O)CC[C@]4(C)C3CC[C@]12C.COC(=O)[C@H]1CC[C@H]2C3CC=C4NC(=O)CC[C@]4(C)C3CC[C@]12C.C[C@]12CCC3C(CC=C4NC(=O)CC[C@@]43C)[C@@H]1CC[C@@H]2C(=O)O.[B]=NS.[H-].[Na+].